The van der Waals surface area contributed by atoms with E-state index in [2.05, 4.69) is 218 Å². The highest BCUT2D eigenvalue weighted by molar-refractivity contribution is 6.00. The lowest BCUT2D eigenvalue weighted by molar-refractivity contribution is 0.793. The molecule has 0 atom stereocenters. The highest BCUT2D eigenvalue weighted by atomic mass is 15.1. The van der Waals surface area contributed by atoms with Crippen molar-refractivity contribution in [2.24, 2.45) is 0 Å². The van der Waals surface area contributed by atoms with E-state index in [0.29, 0.717) is 0 Å². The second kappa shape index (κ2) is 13.4. The van der Waals surface area contributed by atoms with Gasteiger partial charge in [-0.05, 0) is 114 Å². The SMILES string of the molecule is CCCc1ccc(-c2ccc(N(c3ccc4c(c3)C3(c5ccccc5-c5ccccc53)c3ccccc3-4)c3ccccc3-c3ccccc3)cc2)c2ccccc12. The zero-order valence-electron chi connectivity index (χ0n) is 32.0. The number of nitrogens with zero attached hydrogens (tertiary/aromatic N) is 1. The van der Waals surface area contributed by atoms with E-state index < -0.39 is 5.41 Å². The standard InChI is InChI=1S/C56H41N/c1-2-16-38-31-35-44(46-21-7-6-19-43(38)46)40-29-32-41(33-30-40)57(55-28-15-11-20-45(55)39-17-4-3-5-18-39)42-34-36-50-49-24-10-14-27-53(49)56(54(50)37-42)51-25-12-8-22-47(51)48-23-9-13-26-52(48)56/h3-15,17-37H,2,16H2,1H3. The van der Waals surface area contributed by atoms with Crippen molar-refractivity contribution in [3.8, 4) is 44.5 Å². The summed E-state index contributed by atoms with van der Waals surface area (Å²) >= 11 is 0. The molecule has 2 aliphatic rings. The molecule has 9 aromatic carbocycles. The molecule has 0 saturated heterocycles. The average Bonchev–Trinajstić information content (AvgIpc) is 3.75. The molecule has 0 fully saturated rings. The summed E-state index contributed by atoms with van der Waals surface area (Å²) < 4.78 is 0. The molecule has 9 aromatic rings. The summed E-state index contributed by atoms with van der Waals surface area (Å²) in [7, 11) is 0. The molecule has 0 bridgehead atoms. The maximum Gasteiger partial charge on any atom is 0.0726 e. The van der Waals surface area contributed by atoms with Crippen molar-refractivity contribution < 1.29 is 0 Å². The van der Waals surface area contributed by atoms with E-state index in [-0.39, 0.29) is 0 Å². The number of aryl methyl sites for hydroxylation is 1. The zero-order valence-corrected chi connectivity index (χ0v) is 32.0. The van der Waals surface area contributed by atoms with Crippen LogP contribution in [0.2, 0.25) is 0 Å². The van der Waals surface area contributed by atoms with E-state index in [9.17, 15) is 0 Å². The quantitative estimate of drug-likeness (QED) is 0.158. The fourth-order valence-corrected chi connectivity index (χ4v) is 10.1. The maximum absolute atomic E-state index is 2.49. The number of hydrogen-bond donors (Lipinski definition) is 0. The third kappa shape index (κ3) is 5.02. The van der Waals surface area contributed by atoms with Crippen LogP contribution in [-0.4, -0.2) is 0 Å². The van der Waals surface area contributed by atoms with Crippen molar-refractivity contribution in [3.63, 3.8) is 0 Å². The summed E-state index contributed by atoms with van der Waals surface area (Å²) in [4.78, 5) is 2.47. The highest BCUT2D eigenvalue weighted by Crippen LogP contribution is 2.63. The first kappa shape index (κ1) is 33.4. The van der Waals surface area contributed by atoms with Crippen molar-refractivity contribution in [2.45, 2.75) is 25.2 Å². The molecule has 1 heteroatoms. The van der Waals surface area contributed by atoms with Crippen molar-refractivity contribution in [1.82, 2.24) is 0 Å². The van der Waals surface area contributed by atoms with Gasteiger partial charge in [0, 0.05) is 16.9 Å². The second-order valence-corrected chi connectivity index (χ2v) is 15.4. The minimum atomic E-state index is -0.422. The molecule has 2 aliphatic carbocycles. The number of para-hydroxylation sites is 1. The molecule has 0 aliphatic heterocycles. The molecule has 0 saturated carbocycles. The summed E-state index contributed by atoms with van der Waals surface area (Å²) in [6.45, 7) is 2.26. The summed E-state index contributed by atoms with van der Waals surface area (Å²) in [5.74, 6) is 0. The van der Waals surface area contributed by atoms with E-state index in [1.807, 2.05) is 0 Å². The Morgan fingerprint density at radius 3 is 1.51 bits per heavy atom. The van der Waals surface area contributed by atoms with E-state index >= 15 is 0 Å². The largest absolute Gasteiger partial charge is 0.310 e. The Hall–Kier alpha value is -6.96. The third-order valence-corrected chi connectivity index (χ3v) is 12.4. The molecule has 0 unspecified atom stereocenters. The van der Waals surface area contributed by atoms with E-state index in [1.54, 1.807) is 0 Å². The van der Waals surface area contributed by atoms with Gasteiger partial charge >= 0.3 is 0 Å². The van der Waals surface area contributed by atoms with Crippen molar-refractivity contribution in [2.75, 3.05) is 4.90 Å². The van der Waals surface area contributed by atoms with Crippen molar-refractivity contribution in [3.05, 3.63) is 234 Å². The molecule has 0 aromatic heterocycles. The van der Waals surface area contributed by atoms with Crippen LogP contribution in [0.5, 0.6) is 0 Å². The highest BCUT2D eigenvalue weighted by Gasteiger charge is 2.51. The fraction of sp³-hybridized carbons (Fsp3) is 0.0714. The van der Waals surface area contributed by atoms with E-state index in [4.69, 9.17) is 0 Å². The molecular weight excluding hydrogens is 687 g/mol. The van der Waals surface area contributed by atoms with Gasteiger partial charge in [-0.3, -0.25) is 0 Å². The number of benzene rings is 9. The number of anilines is 3. The van der Waals surface area contributed by atoms with Crippen molar-refractivity contribution >= 4 is 27.8 Å². The Balaban J connectivity index is 1.13. The van der Waals surface area contributed by atoms with Gasteiger partial charge in [0.25, 0.3) is 0 Å². The van der Waals surface area contributed by atoms with Gasteiger partial charge in [0.1, 0.15) is 0 Å². The zero-order chi connectivity index (χ0) is 37.9. The fourth-order valence-electron chi connectivity index (χ4n) is 10.1. The maximum atomic E-state index is 2.49. The molecule has 270 valence electrons. The number of hydrogen-bond acceptors (Lipinski definition) is 1. The molecule has 1 nitrogen and oxygen atoms in total. The molecule has 0 amide bonds. The van der Waals surface area contributed by atoms with Gasteiger partial charge in [0.05, 0.1) is 11.1 Å². The Morgan fingerprint density at radius 1 is 0.368 bits per heavy atom. The first-order chi connectivity index (χ1) is 28.3. The number of fused-ring (bicyclic) bond motifs is 11. The first-order valence-electron chi connectivity index (χ1n) is 20.2. The first-order valence-corrected chi connectivity index (χ1v) is 20.2. The molecule has 0 N–H and O–H groups in total. The lowest BCUT2D eigenvalue weighted by atomic mass is 9.70. The summed E-state index contributed by atoms with van der Waals surface area (Å²) in [5, 5.41) is 2.66. The molecule has 11 rings (SSSR count). The Morgan fingerprint density at radius 2 is 0.860 bits per heavy atom. The molecule has 1 spiro atoms. The second-order valence-electron chi connectivity index (χ2n) is 15.4. The summed E-state index contributed by atoms with van der Waals surface area (Å²) in [5.41, 5.74) is 19.9. The smallest absolute Gasteiger partial charge is 0.0726 e. The van der Waals surface area contributed by atoms with Crippen LogP contribution in [0, 0.1) is 0 Å². The minimum Gasteiger partial charge on any atom is -0.310 e. The molecular formula is C56H41N. The lowest BCUT2D eigenvalue weighted by Crippen LogP contribution is -2.26. The van der Waals surface area contributed by atoms with Gasteiger partial charge in [0.2, 0.25) is 0 Å². The molecule has 0 heterocycles. The van der Waals surface area contributed by atoms with Crippen LogP contribution in [0.4, 0.5) is 17.1 Å². The van der Waals surface area contributed by atoms with Gasteiger partial charge in [-0.1, -0.05) is 189 Å². The third-order valence-electron chi connectivity index (χ3n) is 12.4. The predicted molar refractivity (Wildman–Crippen MR) is 240 cm³/mol. The summed E-state index contributed by atoms with van der Waals surface area (Å²) in [6.07, 6.45) is 2.22. The lowest BCUT2D eigenvalue weighted by Gasteiger charge is -2.32. The normalized spacial score (nSPS) is 12.9. The molecule has 0 radical (unpaired) electrons. The van der Waals surface area contributed by atoms with Crippen LogP contribution in [0.3, 0.4) is 0 Å². The van der Waals surface area contributed by atoms with Gasteiger partial charge < -0.3 is 4.90 Å². The van der Waals surface area contributed by atoms with Gasteiger partial charge in [-0.25, -0.2) is 0 Å². The Labute approximate surface area is 335 Å². The van der Waals surface area contributed by atoms with Gasteiger partial charge in [-0.2, -0.15) is 0 Å². The topological polar surface area (TPSA) is 3.24 Å². The van der Waals surface area contributed by atoms with Crippen LogP contribution >= 0.6 is 0 Å². The van der Waals surface area contributed by atoms with Crippen LogP contribution < -0.4 is 4.90 Å². The van der Waals surface area contributed by atoms with Crippen LogP contribution in [0.1, 0.15) is 41.2 Å². The summed E-state index contributed by atoms with van der Waals surface area (Å²) in [6, 6.07) is 76.8. The van der Waals surface area contributed by atoms with E-state index in [0.717, 1.165) is 29.9 Å². The van der Waals surface area contributed by atoms with Gasteiger partial charge in [0.15, 0.2) is 0 Å². The van der Waals surface area contributed by atoms with Gasteiger partial charge in [-0.15, -0.1) is 0 Å². The van der Waals surface area contributed by atoms with Crippen LogP contribution in [-0.2, 0) is 11.8 Å². The number of rotatable bonds is 7. The monoisotopic (exact) mass is 727 g/mol. The molecule has 57 heavy (non-hydrogen) atoms. The van der Waals surface area contributed by atoms with Crippen LogP contribution in [0.15, 0.2) is 206 Å². The predicted octanol–water partition coefficient (Wildman–Crippen LogP) is 14.9. The average molecular weight is 728 g/mol. The van der Waals surface area contributed by atoms with Crippen LogP contribution in [0.25, 0.3) is 55.3 Å². The Bertz CT molecular complexity index is 2910. The van der Waals surface area contributed by atoms with Crippen molar-refractivity contribution in [1.29, 1.82) is 0 Å². The minimum absolute atomic E-state index is 0.422. The Kier molecular flexibility index (Phi) is 7.82. The van der Waals surface area contributed by atoms with E-state index in [1.165, 1.54) is 83.1 Å².